The predicted octanol–water partition coefficient (Wildman–Crippen LogP) is 2.51. The minimum Gasteiger partial charge on any atom is -0.390 e. The van der Waals surface area contributed by atoms with Gasteiger partial charge in [0.2, 0.25) is 0 Å². The molecule has 3 nitrogen and oxygen atoms in total. The highest BCUT2D eigenvalue weighted by Crippen LogP contribution is 2.45. The molecule has 3 heteroatoms. The molecule has 2 unspecified atom stereocenters. The van der Waals surface area contributed by atoms with Gasteiger partial charge < -0.3 is 14.6 Å². The van der Waals surface area contributed by atoms with Gasteiger partial charge in [-0.2, -0.15) is 0 Å². The van der Waals surface area contributed by atoms with Crippen molar-refractivity contribution in [3.05, 3.63) is 0 Å². The van der Waals surface area contributed by atoms with Gasteiger partial charge in [-0.15, -0.1) is 0 Å². The molecule has 17 heavy (non-hydrogen) atoms. The summed E-state index contributed by atoms with van der Waals surface area (Å²) in [6, 6.07) is 0. The lowest BCUT2D eigenvalue weighted by Crippen LogP contribution is -2.46. The number of hydrogen-bond acceptors (Lipinski definition) is 3. The molecule has 2 aliphatic rings. The van der Waals surface area contributed by atoms with Gasteiger partial charge in [-0.3, -0.25) is 0 Å². The van der Waals surface area contributed by atoms with Gasteiger partial charge in [0, 0.05) is 20.3 Å². The quantitative estimate of drug-likeness (QED) is 0.823. The van der Waals surface area contributed by atoms with E-state index in [4.69, 9.17) is 9.47 Å². The van der Waals surface area contributed by atoms with Gasteiger partial charge in [0.05, 0.1) is 11.2 Å². The third-order valence-corrected chi connectivity index (χ3v) is 4.70. The highest BCUT2D eigenvalue weighted by molar-refractivity contribution is 4.96. The smallest absolute Gasteiger partial charge is 0.0686 e. The lowest BCUT2D eigenvalue weighted by atomic mass is 9.74. The molecule has 0 aromatic carbocycles. The van der Waals surface area contributed by atoms with Crippen LogP contribution < -0.4 is 0 Å². The summed E-state index contributed by atoms with van der Waals surface area (Å²) in [6.07, 6.45) is 7.68. The van der Waals surface area contributed by atoms with E-state index >= 15 is 0 Å². The molecule has 1 N–H and O–H groups in total. The molecule has 1 aliphatic carbocycles. The van der Waals surface area contributed by atoms with Crippen molar-refractivity contribution in [3.8, 4) is 0 Å². The second kappa shape index (κ2) is 5.25. The lowest BCUT2D eigenvalue weighted by Gasteiger charge is -2.44. The highest BCUT2D eigenvalue weighted by atomic mass is 16.5. The fourth-order valence-electron chi connectivity index (χ4n) is 3.44. The molecular formula is C14H26O3. The van der Waals surface area contributed by atoms with E-state index < -0.39 is 5.60 Å². The van der Waals surface area contributed by atoms with E-state index in [0.717, 1.165) is 25.9 Å². The van der Waals surface area contributed by atoms with Crippen molar-refractivity contribution in [2.45, 2.75) is 63.1 Å². The van der Waals surface area contributed by atoms with Crippen molar-refractivity contribution in [3.63, 3.8) is 0 Å². The molecule has 2 rings (SSSR count). The summed E-state index contributed by atoms with van der Waals surface area (Å²) in [6.45, 7) is 3.41. The Balaban J connectivity index is 1.96. The number of hydrogen-bond donors (Lipinski definition) is 1. The first-order chi connectivity index (χ1) is 8.08. The molecule has 1 spiro atoms. The van der Waals surface area contributed by atoms with Crippen molar-refractivity contribution >= 4 is 0 Å². The van der Waals surface area contributed by atoms with Gasteiger partial charge >= 0.3 is 0 Å². The number of rotatable bonds is 4. The van der Waals surface area contributed by atoms with E-state index in [-0.39, 0.29) is 5.60 Å². The summed E-state index contributed by atoms with van der Waals surface area (Å²) in [5.74, 6) is 0.365. The van der Waals surface area contributed by atoms with Crippen molar-refractivity contribution in [2.75, 3.05) is 20.3 Å². The van der Waals surface area contributed by atoms with Gasteiger partial charge in [0.15, 0.2) is 0 Å². The molecule has 1 saturated carbocycles. The van der Waals surface area contributed by atoms with Crippen molar-refractivity contribution in [1.29, 1.82) is 0 Å². The zero-order chi connectivity index (χ0) is 12.4. The Morgan fingerprint density at radius 1 is 1.41 bits per heavy atom. The maximum Gasteiger partial charge on any atom is 0.0686 e. The first kappa shape index (κ1) is 13.3. The largest absolute Gasteiger partial charge is 0.390 e. The second-order valence-electron chi connectivity index (χ2n) is 6.03. The highest BCUT2D eigenvalue weighted by Gasteiger charge is 2.44. The second-order valence-corrected chi connectivity index (χ2v) is 6.03. The van der Waals surface area contributed by atoms with Gasteiger partial charge in [-0.25, -0.2) is 0 Å². The van der Waals surface area contributed by atoms with E-state index in [0.29, 0.717) is 12.5 Å². The topological polar surface area (TPSA) is 38.7 Å². The van der Waals surface area contributed by atoms with Crippen LogP contribution in [0.25, 0.3) is 0 Å². The standard InChI is InChI=1S/C14H26O3/c1-13(15,8-10-16-2)12-5-9-17-14(11-12)6-3-4-7-14/h12,15H,3-11H2,1-2H3. The minimum atomic E-state index is -0.602. The zero-order valence-electron chi connectivity index (χ0n) is 11.2. The normalized spacial score (nSPS) is 31.6. The molecule has 0 aromatic rings. The van der Waals surface area contributed by atoms with Crippen LogP contribution in [0.2, 0.25) is 0 Å². The SMILES string of the molecule is COCCC(C)(O)C1CCOC2(CCCC2)C1. The van der Waals surface area contributed by atoms with Crippen LogP contribution in [0, 0.1) is 5.92 Å². The molecule has 1 heterocycles. The number of ether oxygens (including phenoxy) is 2. The minimum absolute atomic E-state index is 0.0972. The van der Waals surface area contributed by atoms with Crippen molar-refractivity contribution in [1.82, 2.24) is 0 Å². The molecule has 100 valence electrons. The Kier molecular flexibility index (Phi) is 4.11. The van der Waals surface area contributed by atoms with Crippen LogP contribution in [-0.2, 0) is 9.47 Å². The Labute approximate surface area is 104 Å². The van der Waals surface area contributed by atoms with Crippen molar-refractivity contribution in [2.24, 2.45) is 5.92 Å². The fourth-order valence-corrected chi connectivity index (χ4v) is 3.44. The summed E-state index contributed by atoms with van der Waals surface area (Å²) in [5.41, 5.74) is -0.505. The Hall–Kier alpha value is -0.120. The van der Waals surface area contributed by atoms with Crippen LogP contribution in [0.1, 0.15) is 51.9 Å². The molecule has 0 aromatic heterocycles. The molecule has 0 bridgehead atoms. The fraction of sp³-hybridized carbons (Fsp3) is 1.00. The molecule has 0 radical (unpaired) electrons. The Morgan fingerprint density at radius 2 is 2.12 bits per heavy atom. The summed E-state index contributed by atoms with van der Waals surface area (Å²) in [5, 5.41) is 10.6. The van der Waals surface area contributed by atoms with Crippen LogP contribution in [0.3, 0.4) is 0 Å². The summed E-state index contributed by atoms with van der Waals surface area (Å²) in [4.78, 5) is 0. The first-order valence-electron chi connectivity index (χ1n) is 6.93. The molecule has 2 fully saturated rings. The van der Waals surface area contributed by atoms with Crippen molar-refractivity contribution < 1.29 is 14.6 Å². The van der Waals surface area contributed by atoms with E-state index in [9.17, 15) is 5.11 Å². The van der Waals surface area contributed by atoms with Gasteiger partial charge in [-0.05, 0) is 44.9 Å². The maximum absolute atomic E-state index is 10.6. The van der Waals surface area contributed by atoms with E-state index in [1.807, 2.05) is 6.92 Å². The molecule has 2 atom stereocenters. The lowest BCUT2D eigenvalue weighted by molar-refractivity contribution is -0.140. The zero-order valence-corrected chi connectivity index (χ0v) is 11.2. The third kappa shape index (κ3) is 3.01. The van der Waals surface area contributed by atoms with Crippen LogP contribution in [0.15, 0.2) is 0 Å². The Bertz CT molecular complexity index is 244. The number of methoxy groups -OCH3 is 1. The predicted molar refractivity (Wildman–Crippen MR) is 67.0 cm³/mol. The van der Waals surface area contributed by atoms with Gasteiger partial charge in [-0.1, -0.05) is 12.8 Å². The van der Waals surface area contributed by atoms with Crippen LogP contribution in [0.5, 0.6) is 0 Å². The molecule has 1 aliphatic heterocycles. The van der Waals surface area contributed by atoms with Crippen LogP contribution in [0.4, 0.5) is 0 Å². The molecule has 0 amide bonds. The van der Waals surface area contributed by atoms with E-state index in [1.54, 1.807) is 7.11 Å². The average Bonchev–Trinajstić information content (AvgIpc) is 2.75. The summed E-state index contributed by atoms with van der Waals surface area (Å²) >= 11 is 0. The summed E-state index contributed by atoms with van der Waals surface area (Å²) < 4.78 is 11.1. The maximum atomic E-state index is 10.6. The first-order valence-corrected chi connectivity index (χ1v) is 6.93. The van der Waals surface area contributed by atoms with Gasteiger partial charge in [0.1, 0.15) is 0 Å². The average molecular weight is 242 g/mol. The van der Waals surface area contributed by atoms with E-state index in [1.165, 1.54) is 25.7 Å². The third-order valence-electron chi connectivity index (χ3n) is 4.70. The number of aliphatic hydroxyl groups is 1. The molecule has 1 saturated heterocycles. The van der Waals surface area contributed by atoms with Crippen LogP contribution >= 0.6 is 0 Å². The molecular weight excluding hydrogens is 216 g/mol. The van der Waals surface area contributed by atoms with E-state index in [2.05, 4.69) is 0 Å². The van der Waals surface area contributed by atoms with Crippen LogP contribution in [-0.4, -0.2) is 36.6 Å². The monoisotopic (exact) mass is 242 g/mol. The Morgan fingerprint density at radius 3 is 2.76 bits per heavy atom. The summed E-state index contributed by atoms with van der Waals surface area (Å²) in [7, 11) is 1.69. The van der Waals surface area contributed by atoms with Gasteiger partial charge in [0.25, 0.3) is 0 Å².